The van der Waals surface area contributed by atoms with Gasteiger partial charge in [-0.05, 0) is 31.0 Å². The Balaban J connectivity index is 2.52. The maximum Gasteiger partial charge on any atom is 0.240 e. The van der Waals surface area contributed by atoms with Gasteiger partial charge in [0, 0.05) is 12.1 Å². The zero-order valence-electron chi connectivity index (χ0n) is 11.8. The number of nitrogen functional groups attached to an aromatic ring is 1. The fourth-order valence-corrected chi connectivity index (χ4v) is 2.37. The lowest BCUT2D eigenvalue weighted by Gasteiger charge is -2.26. The summed E-state index contributed by atoms with van der Waals surface area (Å²) < 4.78 is 0. The summed E-state index contributed by atoms with van der Waals surface area (Å²) in [6, 6.07) is 6.59. The molecule has 1 atom stereocenters. The van der Waals surface area contributed by atoms with Gasteiger partial charge in [0.1, 0.15) is 6.07 Å². The Kier molecular flexibility index (Phi) is 3.26. The molecule has 1 aromatic rings. The van der Waals surface area contributed by atoms with Gasteiger partial charge in [-0.25, -0.2) is 4.90 Å². The standard InChI is InChI=1S/C15H17N3O2/c1-9(2)15(3)7-13(19)18(14(15)20)12-5-4-11(17)6-10(12)8-16/h4-6,9H,7,17H2,1-3H3. The van der Waals surface area contributed by atoms with Crippen LogP contribution in [0.1, 0.15) is 32.8 Å². The first-order valence-corrected chi connectivity index (χ1v) is 6.48. The van der Waals surface area contributed by atoms with Crippen LogP contribution in [0.5, 0.6) is 0 Å². The van der Waals surface area contributed by atoms with E-state index in [-0.39, 0.29) is 29.7 Å². The molecular formula is C15H17N3O2. The summed E-state index contributed by atoms with van der Waals surface area (Å²) in [6.45, 7) is 5.63. The number of anilines is 2. The Morgan fingerprint density at radius 3 is 2.55 bits per heavy atom. The Morgan fingerprint density at radius 1 is 1.40 bits per heavy atom. The summed E-state index contributed by atoms with van der Waals surface area (Å²) in [5.41, 5.74) is 5.90. The first-order chi connectivity index (χ1) is 9.31. The number of amides is 2. The molecule has 0 radical (unpaired) electrons. The highest BCUT2D eigenvalue weighted by Gasteiger charge is 2.50. The number of imide groups is 1. The highest BCUT2D eigenvalue weighted by Crippen LogP contribution is 2.42. The van der Waals surface area contributed by atoms with Crippen molar-refractivity contribution in [2.75, 3.05) is 10.6 Å². The summed E-state index contributed by atoms with van der Waals surface area (Å²) in [5, 5.41) is 9.16. The van der Waals surface area contributed by atoms with Gasteiger partial charge < -0.3 is 5.73 Å². The number of hydrogen-bond acceptors (Lipinski definition) is 4. The van der Waals surface area contributed by atoms with Crippen LogP contribution >= 0.6 is 0 Å². The van der Waals surface area contributed by atoms with Gasteiger partial charge in [0.15, 0.2) is 0 Å². The SMILES string of the molecule is CC(C)C1(C)CC(=O)N(c2ccc(N)cc2C#N)C1=O. The number of carbonyl (C=O) groups excluding carboxylic acids is 2. The maximum absolute atomic E-state index is 12.6. The van der Waals surface area contributed by atoms with Gasteiger partial charge in [-0.3, -0.25) is 9.59 Å². The molecule has 20 heavy (non-hydrogen) atoms. The molecule has 0 bridgehead atoms. The van der Waals surface area contributed by atoms with Gasteiger partial charge in [0.2, 0.25) is 11.8 Å². The van der Waals surface area contributed by atoms with Gasteiger partial charge >= 0.3 is 0 Å². The third-order valence-corrected chi connectivity index (χ3v) is 4.12. The van der Waals surface area contributed by atoms with Crippen molar-refractivity contribution in [3.8, 4) is 6.07 Å². The first kappa shape index (κ1) is 14.1. The number of nitriles is 1. The third kappa shape index (κ3) is 1.94. The van der Waals surface area contributed by atoms with Gasteiger partial charge in [-0.2, -0.15) is 5.26 Å². The fraction of sp³-hybridized carbons (Fsp3) is 0.400. The molecule has 1 aliphatic rings. The molecule has 104 valence electrons. The number of hydrogen-bond donors (Lipinski definition) is 1. The summed E-state index contributed by atoms with van der Waals surface area (Å²) in [4.78, 5) is 25.9. The van der Waals surface area contributed by atoms with Gasteiger partial charge in [0.25, 0.3) is 0 Å². The van der Waals surface area contributed by atoms with Crippen LogP contribution in [0.4, 0.5) is 11.4 Å². The van der Waals surface area contributed by atoms with Crippen molar-refractivity contribution in [3.63, 3.8) is 0 Å². The van der Waals surface area contributed by atoms with E-state index in [0.717, 1.165) is 4.90 Å². The quantitative estimate of drug-likeness (QED) is 0.659. The minimum absolute atomic E-state index is 0.0447. The molecule has 1 heterocycles. The molecule has 0 aromatic heterocycles. The highest BCUT2D eigenvalue weighted by atomic mass is 16.2. The van der Waals surface area contributed by atoms with Crippen LogP contribution < -0.4 is 10.6 Å². The lowest BCUT2D eigenvalue weighted by Crippen LogP contribution is -2.37. The second-order valence-electron chi connectivity index (χ2n) is 5.67. The lowest BCUT2D eigenvalue weighted by atomic mass is 9.78. The summed E-state index contributed by atoms with van der Waals surface area (Å²) in [5.74, 6) is -0.477. The number of nitrogens with two attached hydrogens (primary N) is 1. The molecule has 5 nitrogen and oxygen atoms in total. The van der Waals surface area contributed by atoms with Crippen molar-refractivity contribution < 1.29 is 9.59 Å². The van der Waals surface area contributed by atoms with E-state index in [4.69, 9.17) is 11.0 Å². The predicted molar refractivity (Wildman–Crippen MR) is 75.6 cm³/mol. The summed E-state index contributed by atoms with van der Waals surface area (Å²) in [7, 11) is 0. The van der Waals surface area contributed by atoms with E-state index in [2.05, 4.69) is 0 Å². The molecule has 1 aliphatic heterocycles. The van der Waals surface area contributed by atoms with Crippen molar-refractivity contribution in [2.24, 2.45) is 11.3 Å². The molecule has 2 N–H and O–H groups in total. The molecule has 1 unspecified atom stereocenters. The number of rotatable bonds is 2. The second kappa shape index (κ2) is 4.64. The number of nitrogens with zero attached hydrogens (tertiary/aromatic N) is 2. The van der Waals surface area contributed by atoms with Crippen LogP contribution in [0, 0.1) is 22.7 Å². The second-order valence-corrected chi connectivity index (χ2v) is 5.67. The molecule has 1 fully saturated rings. The van der Waals surface area contributed by atoms with Crippen LogP contribution in [-0.4, -0.2) is 11.8 Å². The van der Waals surface area contributed by atoms with E-state index >= 15 is 0 Å². The van der Waals surface area contributed by atoms with Gasteiger partial charge in [-0.1, -0.05) is 13.8 Å². The van der Waals surface area contributed by atoms with E-state index in [9.17, 15) is 9.59 Å². The minimum Gasteiger partial charge on any atom is -0.399 e. The van der Waals surface area contributed by atoms with E-state index in [1.54, 1.807) is 19.1 Å². The topological polar surface area (TPSA) is 87.2 Å². The number of benzene rings is 1. The van der Waals surface area contributed by atoms with Crippen molar-refractivity contribution in [1.29, 1.82) is 5.26 Å². The molecule has 1 saturated heterocycles. The Hall–Kier alpha value is -2.35. The Labute approximate surface area is 118 Å². The van der Waals surface area contributed by atoms with E-state index in [0.29, 0.717) is 11.4 Å². The van der Waals surface area contributed by atoms with Crippen molar-refractivity contribution >= 4 is 23.2 Å². The third-order valence-electron chi connectivity index (χ3n) is 4.12. The van der Waals surface area contributed by atoms with Crippen molar-refractivity contribution in [3.05, 3.63) is 23.8 Å². The Morgan fingerprint density at radius 2 is 2.05 bits per heavy atom. The van der Waals surface area contributed by atoms with E-state index < -0.39 is 5.41 Å². The van der Waals surface area contributed by atoms with Crippen LogP contribution in [0.2, 0.25) is 0 Å². The average Bonchev–Trinajstić information content (AvgIpc) is 2.62. The van der Waals surface area contributed by atoms with Gasteiger partial charge in [-0.15, -0.1) is 0 Å². The molecule has 0 spiro atoms. The van der Waals surface area contributed by atoms with E-state index in [1.807, 2.05) is 19.9 Å². The lowest BCUT2D eigenvalue weighted by molar-refractivity contribution is -0.126. The van der Waals surface area contributed by atoms with Crippen molar-refractivity contribution in [2.45, 2.75) is 27.2 Å². The monoisotopic (exact) mass is 271 g/mol. The summed E-state index contributed by atoms with van der Waals surface area (Å²) >= 11 is 0. The summed E-state index contributed by atoms with van der Waals surface area (Å²) in [6.07, 6.45) is 0.165. The molecule has 0 aliphatic carbocycles. The zero-order chi connectivity index (χ0) is 15.1. The van der Waals surface area contributed by atoms with Crippen LogP contribution in [0.15, 0.2) is 18.2 Å². The van der Waals surface area contributed by atoms with Gasteiger partial charge in [0.05, 0.1) is 16.7 Å². The van der Waals surface area contributed by atoms with E-state index in [1.165, 1.54) is 6.07 Å². The molecule has 2 rings (SSSR count). The van der Waals surface area contributed by atoms with Crippen LogP contribution in [-0.2, 0) is 9.59 Å². The minimum atomic E-state index is -0.717. The normalized spacial score (nSPS) is 22.4. The molecule has 1 aromatic carbocycles. The zero-order valence-corrected chi connectivity index (χ0v) is 11.8. The number of carbonyl (C=O) groups is 2. The molecule has 2 amide bonds. The molecule has 5 heteroatoms. The fourth-order valence-electron chi connectivity index (χ4n) is 2.37. The predicted octanol–water partition coefficient (Wildman–Crippen LogP) is 2.07. The van der Waals surface area contributed by atoms with Crippen molar-refractivity contribution in [1.82, 2.24) is 0 Å². The Bertz CT molecular complexity index is 630. The highest BCUT2D eigenvalue weighted by molar-refractivity contribution is 6.23. The maximum atomic E-state index is 12.6. The molecular weight excluding hydrogens is 254 g/mol. The molecule has 0 saturated carbocycles. The largest absolute Gasteiger partial charge is 0.399 e. The average molecular weight is 271 g/mol. The first-order valence-electron chi connectivity index (χ1n) is 6.48. The van der Waals surface area contributed by atoms with Crippen LogP contribution in [0.25, 0.3) is 0 Å². The van der Waals surface area contributed by atoms with Crippen LogP contribution in [0.3, 0.4) is 0 Å². The smallest absolute Gasteiger partial charge is 0.240 e.